The molecule has 0 aromatic rings. The maximum Gasteiger partial charge on any atom is 0.409 e. The van der Waals surface area contributed by atoms with Crippen molar-refractivity contribution >= 4 is 28.7 Å². The summed E-state index contributed by atoms with van der Waals surface area (Å²) in [4.78, 5) is 12.5. The molecule has 0 aromatic heterocycles. The number of hydrogen-bond donors (Lipinski definition) is 0. The third-order valence-corrected chi connectivity index (χ3v) is 2.17. The Kier molecular flexibility index (Phi) is 3.24. The highest BCUT2D eigenvalue weighted by Crippen LogP contribution is 2.04. The molecule has 1 fully saturated rings. The quantitative estimate of drug-likeness (QED) is 0.561. The standard InChI is InChI=1S/C6H10INO2/c7-2-1-3-8-4-5-10-6(8)9/h1-5H2. The van der Waals surface area contributed by atoms with E-state index in [1.54, 1.807) is 4.90 Å². The van der Waals surface area contributed by atoms with Gasteiger partial charge in [-0.2, -0.15) is 0 Å². The van der Waals surface area contributed by atoms with Gasteiger partial charge in [-0.15, -0.1) is 0 Å². The highest BCUT2D eigenvalue weighted by molar-refractivity contribution is 14.1. The van der Waals surface area contributed by atoms with Gasteiger partial charge in [-0.3, -0.25) is 0 Å². The van der Waals surface area contributed by atoms with Crippen molar-refractivity contribution in [3.63, 3.8) is 0 Å². The first-order chi connectivity index (χ1) is 4.84. The highest BCUT2D eigenvalue weighted by Gasteiger charge is 2.20. The van der Waals surface area contributed by atoms with Gasteiger partial charge in [-0.25, -0.2) is 4.79 Å². The van der Waals surface area contributed by atoms with Gasteiger partial charge in [0, 0.05) is 11.0 Å². The number of amides is 1. The lowest BCUT2D eigenvalue weighted by Gasteiger charge is -2.09. The first-order valence-electron chi connectivity index (χ1n) is 3.32. The Balaban J connectivity index is 2.20. The topological polar surface area (TPSA) is 29.5 Å². The van der Waals surface area contributed by atoms with E-state index in [-0.39, 0.29) is 6.09 Å². The maximum atomic E-state index is 10.8. The van der Waals surface area contributed by atoms with Crippen molar-refractivity contribution in [2.24, 2.45) is 0 Å². The van der Waals surface area contributed by atoms with Crippen LogP contribution in [0.5, 0.6) is 0 Å². The Bertz CT molecular complexity index is 129. The van der Waals surface area contributed by atoms with Gasteiger partial charge in [-0.1, -0.05) is 22.6 Å². The Hall–Kier alpha value is 0. The minimum absolute atomic E-state index is 0.148. The van der Waals surface area contributed by atoms with E-state index in [2.05, 4.69) is 22.6 Å². The van der Waals surface area contributed by atoms with Gasteiger partial charge in [0.05, 0.1) is 6.54 Å². The van der Waals surface area contributed by atoms with Crippen LogP contribution in [0.4, 0.5) is 4.79 Å². The van der Waals surface area contributed by atoms with E-state index in [1.165, 1.54) is 0 Å². The molecular weight excluding hydrogens is 245 g/mol. The second-order valence-corrected chi connectivity index (χ2v) is 3.22. The number of rotatable bonds is 3. The molecule has 1 amide bonds. The van der Waals surface area contributed by atoms with Crippen molar-refractivity contribution in [2.75, 3.05) is 24.1 Å². The second-order valence-electron chi connectivity index (χ2n) is 2.14. The van der Waals surface area contributed by atoms with Crippen molar-refractivity contribution < 1.29 is 9.53 Å². The van der Waals surface area contributed by atoms with Crippen LogP contribution in [0.25, 0.3) is 0 Å². The van der Waals surface area contributed by atoms with Crippen molar-refractivity contribution in [3.05, 3.63) is 0 Å². The molecule has 0 radical (unpaired) electrons. The predicted molar refractivity (Wildman–Crippen MR) is 46.4 cm³/mol. The van der Waals surface area contributed by atoms with Gasteiger partial charge >= 0.3 is 6.09 Å². The molecule has 0 saturated carbocycles. The minimum Gasteiger partial charge on any atom is -0.448 e. The number of cyclic esters (lactones) is 1. The van der Waals surface area contributed by atoms with Crippen molar-refractivity contribution in [1.82, 2.24) is 4.90 Å². The Morgan fingerprint density at radius 1 is 1.70 bits per heavy atom. The van der Waals surface area contributed by atoms with Crippen LogP contribution < -0.4 is 0 Å². The van der Waals surface area contributed by atoms with E-state index in [9.17, 15) is 4.79 Å². The molecule has 4 heteroatoms. The molecule has 3 nitrogen and oxygen atoms in total. The lowest BCUT2D eigenvalue weighted by atomic mass is 10.4. The average Bonchev–Trinajstić information content (AvgIpc) is 2.31. The largest absolute Gasteiger partial charge is 0.448 e. The van der Waals surface area contributed by atoms with Gasteiger partial charge in [0.15, 0.2) is 0 Å². The average molecular weight is 255 g/mol. The molecule has 0 spiro atoms. The Labute approximate surface area is 73.9 Å². The SMILES string of the molecule is O=C1OCCN1CCCI. The number of hydrogen-bond acceptors (Lipinski definition) is 2. The summed E-state index contributed by atoms with van der Waals surface area (Å²) in [5, 5.41) is 0. The molecule has 1 aliphatic rings. The van der Waals surface area contributed by atoms with E-state index < -0.39 is 0 Å². The van der Waals surface area contributed by atoms with Crippen LogP contribution in [0.2, 0.25) is 0 Å². The van der Waals surface area contributed by atoms with E-state index in [0.717, 1.165) is 23.9 Å². The Morgan fingerprint density at radius 3 is 3.00 bits per heavy atom. The lowest BCUT2D eigenvalue weighted by molar-refractivity contribution is 0.158. The molecule has 1 rings (SSSR count). The molecule has 10 heavy (non-hydrogen) atoms. The van der Waals surface area contributed by atoms with E-state index >= 15 is 0 Å². The van der Waals surface area contributed by atoms with Gasteiger partial charge in [0.25, 0.3) is 0 Å². The molecule has 0 atom stereocenters. The first-order valence-corrected chi connectivity index (χ1v) is 4.85. The molecule has 0 bridgehead atoms. The molecule has 0 aromatic carbocycles. The van der Waals surface area contributed by atoms with Gasteiger partial charge in [0.2, 0.25) is 0 Å². The highest BCUT2D eigenvalue weighted by atomic mass is 127. The minimum atomic E-state index is -0.148. The van der Waals surface area contributed by atoms with Crippen LogP contribution in [0, 0.1) is 0 Å². The third-order valence-electron chi connectivity index (χ3n) is 1.41. The number of alkyl halides is 1. The second kappa shape index (κ2) is 4.00. The fraction of sp³-hybridized carbons (Fsp3) is 0.833. The number of halogens is 1. The summed E-state index contributed by atoms with van der Waals surface area (Å²) >= 11 is 2.30. The molecule has 1 saturated heterocycles. The molecule has 0 aliphatic carbocycles. The summed E-state index contributed by atoms with van der Waals surface area (Å²) < 4.78 is 5.85. The van der Waals surface area contributed by atoms with Gasteiger partial charge in [-0.05, 0) is 6.42 Å². The zero-order valence-corrected chi connectivity index (χ0v) is 7.83. The third kappa shape index (κ3) is 2.00. The fourth-order valence-electron chi connectivity index (χ4n) is 0.879. The van der Waals surface area contributed by atoms with E-state index in [1.807, 2.05) is 0 Å². The smallest absolute Gasteiger partial charge is 0.409 e. The van der Waals surface area contributed by atoms with E-state index in [4.69, 9.17) is 4.74 Å². The summed E-state index contributed by atoms with van der Waals surface area (Å²) in [6, 6.07) is 0. The van der Waals surface area contributed by atoms with E-state index in [0.29, 0.717) is 6.61 Å². The maximum absolute atomic E-state index is 10.8. The number of ether oxygens (including phenoxy) is 1. The van der Waals surface area contributed by atoms with Crippen molar-refractivity contribution in [2.45, 2.75) is 6.42 Å². The van der Waals surface area contributed by atoms with Crippen LogP contribution in [0.1, 0.15) is 6.42 Å². The molecule has 0 N–H and O–H groups in total. The number of carbonyl (C=O) groups is 1. The molecular formula is C6H10INO2. The van der Waals surface area contributed by atoms with Crippen LogP contribution in [0.15, 0.2) is 0 Å². The Morgan fingerprint density at radius 2 is 2.50 bits per heavy atom. The first kappa shape index (κ1) is 8.10. The number of carbonyl (C=O) groups excluding carboxylic acids is 1. The molecule has 0 unspecified atom stereocenters. The zero-order chi connectivity index (χ0) is 7.40. The van der Waals surface area contributed by atoms with Crippen LogP contribution in [-0.2, 0) is 4.74 Å². The summed E-state index contributed by atoms with van der Waals surface area (Å²) in [7, 11) is 0. The lowest BCUT2D eigenvalue weighted by Crippen LogP contribution is -2.25. The molecule has 1 aliphatic heterocycles. The summed E-state index contributed by atoms with van der Waals surface area (Å²) in [6.45, 7) is 2.19. The van der Waals surface area contributed by atoms with Crippen LogP contribution in [-0.4, -0.2) is 35.1 Å². The fourth-order valence-corrected chi connectivity index (χ4v) is 1.22. The van der Waals surface area contributed by atoms with Crippen molar-refractivity contribution in [3.8, 4) is 0 Å². The molecule has 1 heterocycles. The van der Waals surface area contributed by atoms with Crippen LogP contribution in [0.3, 0.4) is 0 Å². The molecule has 58 valence electrons. The number of nitrogens with zero attached hydrogens (tertiary/aromatic N) is 1. The monoisotopic (exact) mass is 255 g/mol. The van der Waals surface area contributed by atoms with Gasteiger partial charge < -0.3 is 9.64 Å². The zero-order valence-electron chi connectivity index (χ0n) is 5.68. The normalized spacial score (nSPS) is 17.7. The summed E-state index contributed by atoms with van der Waals surface area (Å²) in [5.74, 6) is 0. The summed E-state index contributed by atoms with van der Waals surface area (Å²) in [6.07, 6.45) is 0.917. The predicted octanol–water partition coefficient (Wildman–Crippen LogP) is 1.26. The summed E-state index contributed by atoms with van der Waals surface area (Å²) in [5.41, 5.74) is 0. The van der Waals surface area contributed by atoms with Crippen LogP contribution >= 0.6 is 22.6 Å². The van der Waals surface area contributed by atoms with Gasteiger partial charge in [0.1, 0.15) is 6.61 Å². The van der Waals surface area contributed by atoms with Crippen molar-refractivity contribution in [1.29, 1.82) is 0 Å².